The zero-order valence-electron chi connectivity index (χ0n) is 9.84. The maximum atomic E-state index is 5.71. The Kier molecular flexibility index (Phi) is 4.63. The van der Waals surface area contributed by atoms with Crippen LogP contribution in [0.1, 0.15) is 33.6 Å². The smallest absolute Gasteiger partial charge is 0.0619 e. The van der Waals surface area contributed by atoms with E-state index < -0.39 is 0 Å². The molecule has 82 valence electrons. The van der Waals surface area contributed by atoms with Crippen LogP contribution in [0.4, 0.5) is 0 Å². The standard InChI is InChI=1S/C12H23NO/c1-5-12-10(6-7-14-12)11(13-4)8-9(2)3/h8,10-13H,5-7H2,1-4H3. The van der Waals surface area contributed by atoms with Crippen LogP contribution in [0.15, 0.2) is 11.6 Å². The van der Waals surface area contributed by atoms with Gasteiger partial charge in [-0.25, -0.2) is 0 Å². The lowest BCUT2D eigenvalue weighted by Gasteiger charge is -2.24. The van der Waals surface area contributed by atoms with Crippen molar-refractivity contribution >= 4 is 0 Å². The quantitative estimate of drug-likeness (QED) is 0.699. The first kappa shape index (κ1) is 11.7. The maximum Gasteiger partial charge on any atom is 0.0619 e. The van der Waals surface area contributed by atoms with Crippen LogP contribution in [-0.2, 0) is 4.74 Å². The summed E-state index contributed by atoms with van der Waals surface area (Å²) in [6.07, 6.45) is 5.08. The van der Waals surface area contributed by atoms with Crippen molar-refractivity contribution in [3.63, 3.8) is 0 Å². The summed E-state index contributed by atoms with van der Waals surface area (Å²) in [5.41, 5.74) is 1.38. The molecule has 1 fully saturated rings. The minimum atomic E-state index is 0.447. The highest BCUT2D eigenvalue weighted by Gasteiger charge is 2.31. The van der Waals surface area contributed by atoms with Gasteiger partial charge in [-0.05, 0) is 33.7 Å². The van der Waals surface area contributed by atoms with Gasteiger partial charge in [0.05, 0.1) is 6.10 Å². The van der Waals surface area contributed by atoms with Gasteiger partial charge in [-0.15, -0.1) is 0 Å². The fraction of sp³-hybridized carbons (Fsp3) is 0.833. The van der Waals surface area contributed by atoms with Crippen molar-refractivity contribution in [3.8, 4) is 0 Å². The highest BCUT2D eigenvalue weighted by atomic mass is 16.5. The van der Waals surface area contributed by atoms with Gasteiger partial charge >= 0.3 is 0 Å². The molecule has 3 atom stereocenters. The second-order valence-electron chi connectivity index (χ2n) is 4.33. The number of hydrogen-bond donors (Lipinski definition) is 1. The van der Waals surface area contributed by atoms with Gasteiger partial charge in [-0.3, -0.25) is 0 Å². The number of likely N-dealkylation sites (N-methyl/N-ethyl adjacent to an activating group) is 1. The van der Waals surface area contributed by atoms with Crippen LogP contribution < -0.4 is 5.32 Å². The fourth-order valence-electron chi connectivity index (χ4n) is 2.28. The van der Waals surface area contributed by atoms with Crippen molar-refractivity contribution in [1.29, 1.82) is 0 Å². The number of ether oxygens (including phenoxy) is 1. The van der Waals surface area contributed by atoms with E-state index in [1.807, 2.05) is 7.05 Å². The third-order valence-electron chi connectivity index (χ3n) is 2.97. The summed E-state index contributed by atoms with van der Waals surface area (Å²) >= 11 is 0. The summed E-state index contributed by atoms with van der Waals surface area (Å²) in [4.78, 5) is 0. The average Bonchev–Trinajstić information content (AvgIpc) is 2.61. The summed E-state index contributed by atoms with van der Waals surface area (Å²) in [5, 5.41) is 3.38. The Morgan fingerprint density at radius 1 is 1.57 bits per heavy atom. The van der Waals surface area contributed by atoms with Crippen molar-refractivity contribution < 1.29 is 4.74 Å². The minimum absolute atomic E-state index is 0.447. The van der Waals surface area contributed by atoms with Crippen molar-refractivity contribution in [2.45, 2.75) is 45.8 Å². The summed E-state index contributed by atoms with van der Waals surface area (Å²) in [7, 11) is 2.04. The molecule has 2 heteroatoms. The van der Waals surface area contributed by atoms with Crippen molar-refractivity contribution in [1.82, 2.24) is 5.32 Å². The van der Waals surface area contributed by atoms with E-state index in [2.05, 4.69) is 32.2 Å². The Bertz CT molecular complexity index is 196. The first-order valence-electron chi connectivity index (χ1n) is 5.63. The second-order valence-corrected chi connectivity index (χ2v) is 4.33. The zero-order valence-corrected chi connectivity index (χ0v) is 9.84. The normalized spacial score (nSPS) is 28.9. The Morgan fingerprint density at radius 3 is 2.79 bits per heavy atom. The van der Waals surface area contributed by atoms with Gasteiger partial charge in [0, 0.05) is 18.6 Å². The van der Waals surface area contributed by atoms with E-state index in [1.165, 1.54) is 12.0 Å². The Hall–Kier alpha value is -0.340. The molecular weight excluding hydrogens is 174 g/mol. The second kappa shape index (κ2) is 5.52. The van der Waals surface area contributed by atoms with Gasteiger partial charge in [-0.2, -0.15) is 0 Å². The summed E-state index contributed by atoms with van der Waals surface area (Å²) < 4.78 is 5.71. The molecule has 0 spiro atoms. The van der Waals surface area contributed by atoms with Crippen molar-refractivity contribution in [3.05, 3.63) is 11.6 Å². The van der Waals surface area contributed by atoms with Crippen LogP contribution in [0.2, 0.25) is 0 Å². The van der Waals surface area contributed by atoms with E-state index in [9.17, 15) is 0 Å². The van der Waals surface area contributed by atoms with E-state index in [1.54, 1.807) is 0 Å². The molecule has 1 heterocycles. The molecule has 0 aliphatic carbocycles. The fourth-order valence-corrected chi connectivity index (χ4v) is 2.28. The first-order valence-corrected chi connectivity index (χ1v) is 5.63. The molecule has 14 heavy (non-hydrogen) atoms. The van der Waals surface area contributed by atoms with E-state index in [0.29, 0.717) is 18.1 Å². The molecule has 0 aromatic heterocycles. The molecule has 1 aliphatic heterocycles. The predicted octanol–water partition coefficient (Wildman–Crippen LogP) is 2.36. The van der Waals surface area contributed by atoms with Crippen LogP contribution in [-0.4, -0.2) is 25.8 Å². The Morgan fingerprint density at radius 2 is 2.29 bits per heavy atom. The van der Waals surface area contributed by atoms with E-state index in [4.69, 9.17) is 4.74 Å². The third-order valence-corrected chi connectivity index (χ3v) is 2.97. The predicted molar refractivity (Wildman–Crippen MR) is 60.4 cm³/mol. The minimum Gasteiger partial charge on any atom is -0.378 e. The van der Waals surface area contributed by atoms with Gasteiger partial charge in [0.1, 0.15) is 0 Å². The zero-order chi connectivity index (χ0) is 10.6. The number of allylic oxidation sites excluding steroid dienone is 1. The molecule has 0 amide bonds. The molecule has 0 saturated carbocycles. The summed E-state index contributed by atoms with van der Waals surface area (Å²) in [6.45, 7) is 7.44. The van der Waals surface area contributed by atoms with Gasteiger partial charge in [0.15, 0.2) is 0 Å². The molecule has 0 aromatic carbocycles. The molecule has 0 aromatic rings. The molecule has 1 N–H and O–H groups in total. The molecule has 0 bridgehead atoms. The molecule has 1 rings (SSSR count). The van der Waals surface area contributed by atoms with Crippen LogP contribution in [0.5, 0.6) is 0 Å². The lowest BCUT2D eigenvalue weighted by molar-refractivity contribution is 0.0824. The summed E-state index contributed by atoms with van der Waals surface area (Å²) in [6, 6.07) is 0.479. The highest BCUT2D eigenvalue weighted by molar-refractivity contribution is 5.05. The molecule has 3 unspecified atom stereocenters. The molecule has 0 radical (unpaired) electrons. The number of nitrogens with one attached hydrogen (secondary N) is 1. The maximum absolute atomic E-state index is 5.71. The lowest BCUT2D eigenvalue weighted by Crippen LogP contribution is -2.36. The van der Waals surface area contributed by atoms with E-state index in [-0.39, 0.29) is 0 Å². The number of hydrogen-bond acceptors (Lipinski definition) is 2. The lowest BCUT2D eigenvalue weighted by atomic mass is 9.90. The van der Waals surface area contributed by atoms with Crippen molar-refractivity contribution in [2.24, 2.45) is 5.92 Å². The molecule has 1 saturated heterocycles. The Balaban J connectivity index is 2.63. The van der Waals surface area contributed by atoms with Gasteiger partial charge in [0.25, 0.3) is 0 Å². The van der Waals surface area contributed by atoms with E-state index >= 15 is 0 Å². The van der Waals surface area contributed by atoms with Crippen LogP contribution in [0, 0.1) is 5.92 Å². The third kappa shape index (κ3) is 2.82. The molecule has 2 nitrogen and oxygen atoms in total. The van der Waals surface area contributed by atoms with Gasteiger partial charge in [-0.1, -0.05) is 18.6 Å². The van der Waals surface area contributed by atoms with Gasteiger partial charge in [0.2, 0.25) is 0 Å². The average molecular weight is 197 g/mol. The monoisotopic (exact) mass is 197 g/mol. The molecular formula is C12H23NO. The largest absolute Gasteiger partial charge is 0.378 e. The number of rotatable bonds is 4. The molecule has 1 aliphatic rings. The SMILES string of the molecule is CCC1OCCC1C(C=C(C)C)NC. The van der Waals surface area contributed by atoms with Crippen molar-refractivity contribution in [2.75, 3.05) is 13.7 Å². The van der Waals surface area contributed by atoms with Gasteiger partial charge < -0.3 is 10.1 Å². The Labute approximate surface area is 87.7 Å². The topological polar surface area (TPSA) is 21.3 Å². The van der Waals surface area contributed by atoms with Crippen LogP contribution >= 0.6 is 0 Å². The highest BCUT2D eigenvalue weighted by Crippen LogP contribution is 2.27. The van der Waals surface area contributed by atoms with Crippen LogP contribution in [0.3, 0.4) is 0 Å². The van der Waals surface area contributed by atoms with Crippen LogP contribution in [0.25, 0.3) is 0 Å². The van der Waals surface area contributed by atoms with E-state index in [0.717, 1.165) is 13.0 Å². The first-order chi connectivity index (χ1) is 6.69. The summed E-state index contributed by atoms with van der Waals surface area (Å²) in [5.74, 6) is 0.653.